The van der Waals surface area contributed by atoms with E-state index in [-0.39, 0.29) is 11.9 Å². The highest BCUT2D eigenvalue weighted by Gasteiger charge is 2.25. The van der Waals surface area contributed by atoms with Gasteiger partial charge in [0.1, 0.15) is 0 Å². The molecular formula is C23H35N3O2. The second-order valence-electron chi connectivity index (χ2n) is 8.72. The molecule has 0 aromatic heterocycles. The minimum absolute atomic E-state index is 0.214. The van der Waals surface area contributed by atoms with Crippen LogP contribution in [0.1, 0.15) is 55.7 Å². The van der Waals surface area contributed by atoms with E-state index in [2.05, 4.69) is 40.4 Å². The summed E-state index contributed by atoms with van der Waals surface area (Å²) in [5, 5.41) is 3.25. The van der Waals surface area contributed by atoms with Gasteiger partial charge in [-0.15, -0.1) is 0 Å². The van der Waals surface area contributed by atoms with Crippen LogP contribution >= 0.6 is 0 Å². The lowest BCUT2D eigenvalue weighted by Crippen LogP contribution is -2.43. The quantitative estimate of drug-likeness (QED) is 0.783. The molecular weight excluding hydrogens is 350 g/mol. The third-order valence-corrected chi connectivity index (χ3v) is 6.85. The number of carbonyl (C=O) groups is 1. The van der Waals surface area contributed by atoms with Crippen LogP contribution in [0.4, 0.5) is 5.69 Å². The van der Waals surface area contributed by atoms with Crippen LogP contribution in [0.25, 0.3) is 0 Å². The molecule has 1 aromatic carbocycles. The monoisotopic (exact) mass is 385 g/mol. The van der Waals surface area contributed by atoms with Crippen LogP contribution in [-0.4, -0.2) is 57.2 Å². The van der Waals surface area contributed by atoms with Gasteiger partial charge in [-0.2, -0.15) is 0 Å². The van der Waals surface area contributed by atoms with Gasteiger partial charge < -0.3 is 15.0 Å². The lowest BCUT2D eigenvalue weighted by Gasteiger charge is -2.35. The van der Waals surface area contributed by atoms with Crippen LogP contribution in [0.5, 0.6) is 0 Å². The second kappa shape index (κ2) is 9.27. The van der Waals surface area contributed by atoms with Gasteiger partial charge in [-0.25, -0.2) is 0 Å². The molecule has 5 nitrogen and oxygen atoms in total. The summed E-state index contributed by atoms with van der Waals surface area (Å²) in [6.45, 7) is 5.20. The van der Waals surface area contributed by atoms with Gasteiger partial charge >= 0.3 is 0 Å². The second-order valence-corrected chi connectivity index (χ2v) is 8.72. The largest absolute Gasteiger partial charge is 0.379 e. The van der Waals surface area contributed by atoms with Crippen molar-refractivity contribution in [2.75, 3.05) is 51.3 Å². The van der Waals surface area contributed by atoms with Crippen molar-refractivity contribution in [2.45, 2.75) is 51.0 Å². The number of morpholine rings is 1. The smallest absolute Gasteiger partial charge is 0.220 e. The zero-order valence-electron chi connectivity index (χ0n) is 17.3. The van der Waals surface area contributed by atoms with Crippen molar-refractivity contribution in [1.29, 1.82) is 0 Å². The zero-order chi connectivity index (χ0) is 19.3. The summed E-state index contributed by atoms with van der Waals surface area (Å²) in [5.41, 5.74) is 4.11. The van der Waals surface area contributed by atoms with Crippen LogP contribution in [-0.2, 0) is 16.0 Å². The number of likely N-dealkylation sites (N-methyl/N-ethyl adjacent to an activating group) is 1. The van der Waals surface area contributed by atoms with Gasteiger partial charge in [0.25, 0.3) is 0 Å². The Hall–Kier alpha value is -1.59. The molecule has 1 atom stereocenters. The predicted molar refractivity (Wildman–Crippen MR) is 113 cm³/mol. The third-order valence-electron chi connectivity index (χ3n) is 6.85. The molecule has 2 fully saturated rings. The van der Waals surface area contributed by atoms with Crippen molar-refractivity contribution < 1.29 is 9.53 Å². The van der Waals surface area contributed by atoms with E-state index in [0.717, 1.165) is 51.6 Å². The van der Waals surface area contributed by atoms with E-state index in [9.17, 15) is 4.79 Å². The molecule has 3 aliphatic rings. The summed E-state index contributed by atoms with van der Waals surface area (Å²) in [4.78, 5) is 17.3. The number of anilines is 1. The SMILES string of the molecule is CN1CCc2cc(C(CNC(=O)CCC3CCCC3)N3CCOCC3)ccc21. The topological polar surface area (TPSA) is 44.8 Å². The molecule has 4 rings (SSSR count). The Kier molecular flexibility index (Phi) is 6.53. The molecule has 1 saturated heterocycles. The number of amides is 1. The number of benzene rings is 1. The first-order valence-electron chi connectivity index (χ1n) is 11.1. The summed E-state index contributed by atoms with van der Waals surface area (Å²) in [7, 11) is 2.16. The predicted octanol–water partition coefficient (Wildman–Crippen LogP) is 3.14. The summed E-state index contributed by atoms with van der Waals surface area (Å²) < 4.78 is 5.56. The number of fused-ring (bicyclic) bond motifs is 1. The normalized spacial score (nSPS) is 21.7. The first kappa shape index (κ1) is 19.7. The first-order valence-corrected chi connectivity index (χ1v) is 11.1. The number of carbonyl (C=O) groups excluding carboxylic acids is 1. The molecule has 1 amide bonds. The van der Waals surface area contributed by atoms with Gasteiger partial charge in [0.2, 0.25) is 5.91 Å². The summed E-state index contributed by atoms with van der Waals surface area (Å²) in [5.74, 6) is 0.987. The molecule has 1 saturated carbocycles. The fourth-order valence-electron chi connectivity index (χ4n) is 5.07. The van der Waals surface area contributed by atoms with Crippen LogP contribution in [0, 0.1) is 5.92 Å². The number of hydrogen-bond acceptors (Lipinski definition) is 4. The fourth-order valence-corrected chi connectivity index (χ4v) is 5.07. The van der Waals surface area contributed by atoms with Crippen molar-refractivity contribution in [2.24, 2.45) is 5.92 Å². The van der Waals surface area contributed by atoms with E-state index >= 15 is 0 Å². The van der Waals surface area contributed by atoms with E-state index in [1.807, 2.05) is 0 Å². The van der Waals surface area contributed by atoms with Gasteiger partial charge in [-0.3, -0.25) is 9.69 Å². The highest BCUT2D eigenvalue weighted by atomic mass is 16.5. The van der Waals surface area contributed by atoms with Gasteiger partial charge in [0, 0.05) is 45.3 Å². The molecule has 2 aliphatic heterocycles. The third kappa shape index (κ3) is 4.69. The van der Waals surface area contributed by atoms with Gasteiger partial charge in [0.05, 0.1) is 19.3 Å². The van der Waals surface area contributed by atoms with E-state index in [4.69, 9.17) is 4.74 Å². The lowest BCUT2D eigenvalue weighted by atomic mass is 9.99. The van der Waals surface area contributed by atoms with Crippen molar-refractivity contribution in [1.82, 2.24) is 10.2 Å². The molecule has 28 heavy (non-hydrogen) atoms. The van der Waals surface area contributed by atoms with Crippen LogP contribution in [0.3, 0.4) is 0 Å². The minimum atomic E-state index is 0.214. The Labute approximate surface area is 169 Å². The van der Waals surface area contributed by atoms with Crippen molar-refractivity contribution in [3.63, 3.8) is 0 Å². The van der Waals surface area contributed by atoms with Crippen molar-refractivity contribution >= 4 is 11.6 Å². The molecule has 0 radical (unpaired) electrons. The Bertz CT molecular complexity index is 666. The molecule has 1 N–H and O–H groups in total. The van der Waals surface area contributed by atoms with Crippen LogP contribution < -0.4 is 10.2 Å². The minimum Gasteiger partial charge on any atom is -0.379 e. The fraction of sp³-hybridized carbons (Fsp3) is 0.696. The van der Waals surface area contributed by atoms with Crippen molar-refractivity contribution in [3.05, 3.63) is 29.3 Å². The standard InChI is InChI=1S/C23H35N3O2/c1-25-11-10-20-16-19(7-8-21(20)25)22(26-12-14-28-15-13-26)17-24-23(27)9-6-18-4-2-3-5-18/h7-8,16,18,22H,2-6,9-15,17H2,1H3,(H,24,27). The Balaban J connectivity index is 1.39. The number of ether oxygens (including phenoxy) is 1. The Morgan fingerprint density at radius 1 is 1.21 bits per heavy atom. The first-order chi connectivity index (χ1) is 13.7. The van der Waals surface area contributed by atoms with E-state index in [1.165, 1.54) is 42.5 Å². The average Bonchev–Trinajstić information content (AvgIpc) is 3.37. The maximum atomic E-state index is 12.5. The average molecular weight is 386 g/mol. The number of nitrogens with zero attached hydrogens (tertiary/aromatic N) is 2. The summed E-state index contributed by atoms with van der Waals surface area (Å²) in [6.07, 6.45) is 8.16. The van der Waals surface area contributed by atoms with Gasteiger partial charge in [-0.05, 0) is 36.0 Å². The number of rotatable bonds is 7. The van der Waals surface area contributed by atoms with Gasteiger partial charge in [-0.1, -0.05) is 37.8 Å². The highest BCUT2D eigenvalue weighted by molar-refractivity contribution is 5.75. The molecule has 0 bridgehead atoms. The molecule has 1 aliphatic carbocycles. The number of hydrogen-bond donors (Lipinski definition) is 1. The van der Waals surface area contributed by atoms with Gasteiger partial charge in [0.15, 0.2) is 0 Å². The molecule has 1 unspecified atom stereocenters. The van der Waals surface area contributed by atoms with Crippen LogP contribution in [0.2, 0.25) is 0 Å². The molecule has 154 valence electrons. The molecule has 0 spiro atoms. The lowest BCUT2D eigenvalue weighted by molar-refractivity contribution is -0.121. The molecule has 2 heterocycles. The maximum Gasteiger partial charge on any atom is 0.220 e. The number of nitrogens with one attached hydrogen (secondary N) is 1. The summed E-state index contributed by atoms with van der Waals surface area (Å²) >= 11 is 0. The Morgan fingerprint density at radius 2 is 2.00 bits per heavy atom. The zero-order valence-corrected chi connectivity index (χ0v) is 17.3. The van der Waals surface area contributed by atoms with E-state index in [1.54, 1.807) is 0 Å². The maximum absolute atomic E-state index is 12.5. The summed E-state index contributed by atoms with van der Waals surface area (Å²) in [6, 6.07) is 7.11. The molecule has 1 aromatic rings. The van der Waals surface area contributed by atoms with Crippen LogP contribution in [0.15, 0.2) is 18.2 Å². The van der Waals surface area contributed by atoms with E-state index < -0.39 is 0 Å². The van der Waals surface area contributed by atoms with E-state index in [0.29, 0.717) is 13.0 Å². The van der Waals surface area contributed by atoms with Crippen molar-refractivity contribution in [3.8, 4) is 0 Å². The Morgan fingerprint density at radius 3 is 2.79 bits per heavy atom. The molecule has 5 heteroatoms. The highest BCUT2D eigenvalue weighted by Crippen LogP contribution is 2.31.